The second kappa shape index (κ2) is 6.36. The van der Waals surface area contributed by atoms with Gasteiger partial charge in [0.15, 0.2) is 0 Å². The number of carbonyl (C=O) groups excluding carboxylic acids is 1. The average molecular weight is 377 g/mol. The van der Waals surface area contributed by atoms with Crippen molar-refractivity contribution in [2.45, 2.75) is 31.2 Å². The summed E-state index contributed by atoms with van der Waals surface area (Å²) in [6.07, 6.45) is 3.71. The van der Waals surface area contributed by atoms with E-state index in [4.69, 9.17) is 4.74 Å². The van der Waals surface area contributed by atoms with Crippen molar-refractivity contribution in [1.29, 1.82) is 0 Å². The number of methoxy groups -OCH3 is 1. The van der Waals surface area contributed by atoms with E-state index in [-0.39, 0.29) is 12.0 Å². The van der Waals surface area contributed by atoms with Crippen molar-refractivity contribution in [3.8, 4) is 0 Å². The van der Waals surface area contributed by atoms with Crippen LogP contribution in [0, 0.1) is 17.8 Å². The van der Waals surface area contributed by atoms with Crippen LogP contribution in [-0.2, 0) is 4.74 Å². The summed E-state index contributed by atoms with van der Waals surface area (Å²) in [6.45, 7) is 0. The number of anilines is 1. The Morgan fingerprint density at radius 1 is 1.07 bits per heavy atom. The van der Waals surface area contributed by atoms with Gasteiger partial charge in [0.2, 0.25) is 0 Å². The van der Waals surface area contributed by atoms with Gasteiger partial charge in [-0.15, -0.1) is 0 Å². The van der Waals surface area contributed by atoms with Crippen LogP contribution in [0.25, 0.3) is 0 Å². The fourth-order valence-electron chi connectivity index (χ4n) is 5.97. The second-order valence-corrected chi connectivity index (χ2v) is 8.25. The van der Waals surface area contributed by atoms with Crippen molar-refractivity contribution in [3.05, 3.63) is 64.7 Å². The first-order chi connectivity index (χ1) is 13.6. The van der Waals surface area contributed by atoms with Gasteiger partial charge in [-0.1, -0.05) is 24.3 Å². The van der Waals surface area contributed by atoms with Crippen LogP contribution in [0.2, 0.25) is 0 Å². The summed E-state index contributed by atoms with van der Waals surface area (Å²) in [4.78, 5) is 23.6. The first-order valence-corrected chi connectivity index (χ1v) is 9.89. The molecule has 144 valence electrons. The number of hydrogen-bond acceptors (Lipinski definition) is 4. The monoisotopic (exact) mass is 377 g/mol. The van der Waals surface area contributed by atoms with Crippen molar-refractivity contribution in [3.63, 3.8) is 0 Å². The van der Waals surface area contributed by atoms with Gasteiger partial charge >= 0.3 is 11.9 Å². The molecule has 2 aromatic carbocycles. The Balaban J connectivity index is 1.59. The molecule has 5 rings (SSSR count). The zero-order valence-electron chi connectivity index (χ0n) is 15.7. The number of fused-ring (bicyclic) bond motifs is 7. The Morgan fingerprint density at radius 2 is 1.82 bits per heavy atom. The molecule has 5 atom stereocenters. The third-order valence-electron chi connectivity index (χ3n) is 7.04. The van der Waals surface area contributed by atoms with Gasteiger partial charge in [0.25, 0.3) is 0 Å². The Kier molecular flexibility index (Phi) is 3.93. The van der Waals surface area contributed by atoms with Gasteiger partial charge in [0.1, 0.15) is 0 Å². The van der Waals surface area contributed by atoms with E-state index in [1.165, 1.54) is 31.9 Å². The lowest BCUT2D eigenvalue weighted by Crippen LogP contribution is -2.36. The number of rotatable bonds is 3. The molecule has 2 aromatic rings. The zero-order chi connectivity index (χ0) is 19.4. The van der Waals surface area contributed by atoms with Crippen LogP contribution in [0.15, 0.2) is 42.5 Å². The molecule has 0 saturated heterocycles. The van der Waals surface area contributed by atoms with Crippen molar-refractivity contribution < 1.29 is 19.4 Å². The topological polar surface area (TPSA) is 75.6 Å². The van der Waals surface area contributed by atoms with Crippen LogP contribution < -0.4 is 5.32 Å². The lowest BCUT2D eigenvalue weighted by Gasteiger charge is -2.44. The maximum absolute atomic E-state index is 11.8. The fraction of sp³-hybridized carbons (Fsp3) is 0.391. The van der Waals surface area contributed by atoms with E-state index in [1.54, 1.807) is 18.2 Å². The van der Waals surface area contributed by atoms with Gasteiger partial charge in [-0.3, -0.25) is 0 Å². The standard InChI is InChI=1S/C23H23NO4/c1-28-23(27)13-7-5-12(6-8-13)20-19-15-10-9-14(11-15)18(19)16-3-2-4-17(22(25)26)21(16)24-20/h2-8,14-15,18-20,24H,9-11H2,1H3,(H,25,26)/t14-,15-,18+,19-,20-/m0/s1. The highest BCUT2D eigenvalue weighted by Gasteiger charge is 2.54. The number of carboxylic acid groups (broad SMARTS) is 1. The van der Waals surface area contributed by atoms with Crippen molar-refractivity contribution >= 4 is 17.6 Å². The predicted octanol–water partition coefficient (Wildman–Crippen LogP) is 4.47. The number of nitrogens with one attached hydrogen (secondary N) is 1. The molecule has 1 heterocycles. The normalized spacial score (nSPS) is 29.5. The number of esters is 1. The quantitative estimate of drug-likeness (QED) is 0.772. The molecule has 28 heavy (non-hydrogen) atoms. The molecule has 2 N–H and O–H groups in total. The summed E-state index contributed by atoms with van der Waals surface area (Å²) < 4.78 is 4.80. The number of carbonyl (C=O) groups is 2. The van der Waals surface area contributed by atoms with E-state index in [0.29, 0.717) is 34.8 Å². The van der Waals surface area contributed by atoms with Gasteiger partial charge in [-0.2, -0.15) is 0 Å². The molecule has 0 radical (unpaired) electrons. The first kappa shape index (κ1) is 17.3. The summed E-state index contributed by atoms with van der Waals surface area (Å²) in [5, 5.41) is 13.3. The first-order valence-electron chi connectivity index (χ1n) is 9.89. The Hall–Kier alpha value is -2.82. The number of hydrogen-bond donors (Lipinski definition) is 2. The van der Waals surface area contributed by atoms with Gasteiger partial charge in [-0.25, -0.2) is 9.59 Å². The molecule has 3 aliphatic rings. The van der Waals surface area contributed by atoms with E-state index in [2.05, 4.69) is 11.4 Å². The van der Waals surface area contributed by atoms with Crippen LogP contribution >= 0.6 is 0 Å². The summed E-state index contributed by atoms with van der Waals surface area (Å²) in [7, 11) is 1.38. The van der Waals surface area contributed by atoms with Crippen LogP contribution in [-0.4, -0.2) is 24.2 Å². The Bertz CT molecular complexity index is 952. The number of para-hydroxylation sites is 1. The van der Waals surface area contributed by atoms with Crippen LogP contribution in [0.5, 0.6) is 0 Å². The highest BCUT2D eigenvalue weighted by Crippen LogP contribution is 2.63. The molecule has 0 spiro atoms. The zero-order valence-corrected chi connectivity index (χ0v) is 15.7. The van der Waals surface area contributed by atoms with Crippen molar-refractivity contribution in [2.24, 2.45) is 17.8 Å². The molecule has 0 unspecified atom stereocenters. The van der Waals surface area contributed by atoms with E-state index >= 15 is 0 Å². The summed E-state index contributed by atoms with van der Waals surface area (Å²) in [5.41, 5.74) is 3.90. The highest BCUT2D eigenvalue weighted by atomic mass is 16.5. The lowest BCUT2D eigenvalue weighted by molar-refractivity contribution is 0.0599. The third kappa shape index (κ3) is 2.45. The van der Waals surface area contributed by atoms with Gasteiger partial charge in [0.05, 0.1) is 30.0 Å². The largest absolute Gasteiger partial charge is 0.478 e. The number of aromatic carboxylic acids is 1. The summed E-state index contributed by atoms with van der Waals surface area (Å²) in [5.74, 6) is 0.912. The molecule has 0 amide bonds. The third-order valence-corrected chi connectivity index (χ3v) is 7.04. The van der Waals surface area contributed by atoms with Crippen LogP contribution in [0.3, 0.4) is 0 Å². The maximum atomic E-state index is 11.8. The van der Waals surface area contributed by atoms with E-state index in [9.17, 15) is 14.7 Å². The SMILES string of the molecule is COC(=O)c1ccc([C@@H]2Nc3c(C(=O)O)cccc3[C@H]3[C@H]4CC[C@@H](C4)[C@@H]32)cc1. The molecular weight excluding hydrogens is 354 g/mol. The minimum atomic E-state index is -0.897. The molecule has 2 saturated carbocycles. The Labute approximate surface area is 163 Å². The minimum absolute atomic E-state index is 0.0556. The van der Waals surface area contributed by atoms with Crippen molar-refractivity contribution in [2.75, 3.05) is 12.4 Å². The molecule has 2 fully saturated rings. The molecule has 5 nitrogen and oxygen atoms in total. The van der Waals surface area contributed by atoms with Crippen LogP contribution in [0.1, 0.15) is 63.1 Å². The second-order valence-electron chi connectivity index (χ2n) is 8.25. The van der Waals surface area contributed by atoms with Gasteiger partial charge in [0, 0.05) is 0 Å². The molecular formula is C23H23NO4. The minimum Gasteiger partial charge on any atom is -0.478 e. The highest BCUT2D eigenvalue weighted by molar-refractivity contribution is 5.95. The van der Waals surface area contributed by atoms with Gasteiger partial charge in [-0.05, 0) is 72.3 Å². The predicted molar refractivity (Wildman–Crippen MR) is 105 cm³/mol. The number of ether oxygens (including phenoxy) is 1. The van der Waals surface area contributed by atoms with E-state index in [1.807, 2.05) is 18.2 Å². The smallest absolute Gasteiger partial charge is 0.337 e. The van der Waals surface area contributed by atoms with Gasteiger partial charge < -0.3 is 15.2 Å². The molecule has 2 bridgehead atoms. The molecule has 2 aliphatic carbocycles. The molecule has 5 heteroatoms. The number of carboxylic acids is 1. The van der Waals surface area contributed by atoms with Crippen LogP contribution in [0.4, 0.5) is 5.69 Å². The molecule has 0 aromatic heterocycles. The van der Waals surface area contributed by atoms with E-state index < -0.39 is 5.97 Å². The maximum Gasteiger partial charge on any atom is 0.337 e. The van der Waals surface area contributed by atoms with E-state index in [0.717, 1.165) is 11.3 Å². The number of benzene rings is 2. The molecule has 1 aliphatic heterocycles. The fourth-order valence-corrected chi connectivity index (χ4v) is 5.97. The van der Waals surface area contributed by atoms with Crippen molar-refractivity contribution in [1.82, 2.24) is 0 Å². The lowest BCUT2D eigenvalue weighted by atomic mass is 9.67. The summed E-state index contributed by atoms with van der Waals surface area (Å²) >= 11 is 0. The summed E-state index contributed by atoms with van der Waals surface area (Å²) in [6, 6.07) is 13.2. The average Bonchev–Trinajstić information content (AvgIpc) is 3.35. The Morgan fingerprint density at radius 3 is 2.54 bits per heavy atom.